The lowest BCUT2D eigenvalue weighted by Gasteiger charge is -2.12. The van der Waals surface area contributed by atoms with Crippen molar-refractivity contribution in [2.24, 2.45) is 0 Å². The van der Waals surface area contributed by atoms with E-state index >= 15 is 0 Å². The third-order valence-corrected chi connectivity index (χ3v) is 4.99. The van der Waals surface area contributed by atoms with Gasteiger partial charge in [0.05, 0.1) is 12.7 Å². The lowest BCUT2D eigenvalue weighted by Crippen LogP contribution is -2.44. The molecule has 152 valence electrons. The highest BCUT2D eigenvalue weighted by molar-refractivity contribution is 6.08. The Kier molecular flexibility index (Phi) is 5.39. The number of carbonyl (C=O) groups excluding carboxylic acids is 2. The zero-order chi connectivity index (χ0) is 21.1. The molecule has 2 N–H and O–H groups in total. The van der Waals surface area contributed by atoms with Crippen LogP contribution in [-0.2, 0) is 16.0 Å². The van der Waals surface area contributed by atoms with Crippen LogP contribution < -0.4 is 15.6 Å². The Morgan fingerprint density at radius 2 is 1.63 bits per heavy atom. The molecule has 4 aromatic rings. The first-order valence-electron chi connectivity index (χ1n) is 9.67. The predicted octanol–water partition coefficient (Wildman–Crippen LogP) is 3.97. The number of hydrazine groups is 1. The van der Waals surface area contributed by atoms with Crippen molar-refractivity contribution in [2.75, 3.05) is 6.61 Å². The second kappa shape index (κ2) is 8.29. The van der Waals surface area contributed by atoms with Crippen molar-refractivity contribution in [1.82, 2.24) is 10.9 Å². The minimum Gasteiger partial charge on any atom is -0.483 e. The van der Waals surface area contributed by atoms with Crippen LogP contribution in [0.4, 0.5) is 0 Å². The molecular formula is C24H22N2O4. The largest absolute Gasteiger partial charge is 0.483 e. The van der Waals surface area contributed by atoms with Crippen molar-refractivity contribution >= 4 is 33.6 Å². The summed E-state index contributed by atoms with van der Waals surface area (Å²) < 4.78 is 11.2. The summed E-state index contributed by atoms with van der Waals surface area (Å²) in [6, 6.07) is 17.6. The summed E-state index contributed by atoms with van der Waals surface area (Å²) in [5.41, 5.74) is 8.22. The van der Waals surface area contributed by atoms with Crippen LogP contribution in [0.2, 0.25) is 0 Å². The van der Waals surface area contributed by atoms with Crippen LogP contribution in [0.25, 0.3) is 21.7 Å². The second-order valence-corrected chi connectivity index (χ2v) is 7.20. The van der Waals surface area contributed by atoms with Gasteiger partial charge in [0.1, 0.15) is 11.3 Å². The average Bonchev–Trinajstić information content (AvgIpc) is 3.15. The van der Waals surface area contributed by atoms with Crippen molar-refractivity contribution in [3.05, 3.63) is 77.6 Å². The van der Waals surface area contributed by atoms with E-state index in [0.29, 0.717) is 5.75 Å². The van der Waals surface area contributed by atoms with Crippen LogP contribution >= 0.6 is 0 Å². The molecule has 0 radical (unpaired) electrons. The van der Waals surface area contributed by atoms with E-state index in [1.54, 1.807) is 6.26 Å². The number of rotatable bonds is 5. The average molecular weight is 402 g/mol. The van der Waals surface area contributed by atoms with E-state index in [0.717, 1.165) is 38.4 Å². The second-order valence-electron chi connectivity index (χ2n) is 7.20. The first kappa shape index (κ1) is 19.5. The van der Waals surface area contributed by atoms with Crippen molar-refractivity contribution in [2.45, 2.75) is 20.3 Å². The monoisotopic (exact) mass is 402 g/mol. The highest BCUT2D eigenvalue weighted by atomic mass is 16.5. The molecule has 0 fully saturated rings. The minimum atomic E-state index is -0.437. The van der Waals surface area contributed by atoms with E-state index in [4.69, 9.17) is 9.15 Å². The zero-order valence-electron chi connectivity index (χ0n) is 16.8. The summed E-state index contributed by atoms with van der Waals surface area (Å²) in [4.78, 5) is 24.4. The number of aryl methyl sites for hydroxylation is 2. The van der Waals surface area contributed by atoms with Gasteiger partial charge in [0, 0.05) is 10.9 Å². The summed E-state index contributed by atoms with van der Waals surface area (Å²) in [5.74, 6) is -0.102. The van der Waals surface area contributed by atoms with E-state index in [1.165, 1.54) is 0 Å². The third kappa shape index (κ3) is 3.98. The Labute approximate surface area is 173 Å². The quantitative estimate of drug-likeness (QED) is 0.495. The topological polar surface area (TPSA) is 80.6 Å². The molecule has 1 heterocycles. The van der Waals surface area contributed by atoms with Gasteiger partial charge in [-0.1, -0.05) is 48.5 Å². The Balaban J connectivity index is 1.37. The molecule has 6 heteroatoms. The van der Waals surface area contributed by atoms with E-state index < -0.39 is 5.91 Å². The van der Waals surface area contributed by atoms with Gasteiger partial charge in [-0.2, -0.15) is 0 Å². The number of nitrogens with one attached hydrogen (secondary N) is 2. The Hall–Kier alpha value is -3.80. The molecule has 4 rings (SSSR count). The maximum atomic E-state index is 12.4. The number of amides is 2. The summed E-state index contributed by atoms with van der Waals surface area (Å²) in [6.45, 7) is 3.65. The molecule has 2 amide bonds. The number of ether oxygens (including phenoxy) is 1. The van der Waals surface area contributed by atoms with Crippen molar-refractivity contribution in [3.8, 4) is 5.75 Å². The van der Waals surface area contributed by atoms with Crippen molar-refractivity contribution in [3.63, 3.8) is 0 Å². The standard InChI is InChI=1S/C24H22N2O4/c1-15-6-5-7-16(2)24(15)30-14-22(28)26-25-21(27)12-18-13-29-20-11-10-17-8-3-4-9-19(17)23(18)20/h3-11,13H,12,14H2,1-2H3,(H,25,27)(H,26,28). The molecule has 0 spiro atoms. The molecule has 1 aromatic heterocycles. The molecule has 0 unspecified atom stereocenters. The maximum absolute atomic E-state index is 12.4. The number of hydrogen-bond acceptors (Lipinski definition) is 4. The zero-order valence-corrected chi connectivity index (χ0v) is 16.8. The number of hydrogen-bond donors (Lipinski definition) is 2. The Bertz CT molecular complexity index is 1220. The van der Waals surface area contributed by atoms with Gasteiger partial charge in [-0.3, -0.25) is 20.4 Å². The fourth-order valence-corrected chi connectivity index (χ4v) is 3.56. The van der Waals surface area contributed by atoms with Gasteiger partial charge in [-0.15, -0.1) is 0 Å². The van der Waals surface area contributed by atoms with Crippen LogP contribution in [0, 0.1) is 13.8 Å². The molecule has 0 saturated carbocycles. The molecule has 0 aliphatic rings. The van der Waals surface area contributed by atoms with Gasteiger partial charge in [-0.05, 0) is 41.8 Å². The summed E-state index contributed by atoms with van der Waals surface area (Å²) in [6.07, 6.45) is 1.67. The van der Waals surface area contributed by atoms with Gasteiger partial charge >= 0.3 is 0 Å². The smallest absolute Gasteiger partial charge is 0.276 e. The van der Waals surface area contributed by atoms with Crippen molar-refractivity contribution in [1.29, 1.82) is 0 Å². The van der Waals surface area contributed by atoms with Gasteiger partial charge in [0.2, 0.25) is 5.91 Å². The van der Waals surface area contributed by atoms with Crippen LogP contribution in [0.1, 0.15) is 16.7 Å². The molecule has 3 aromatic carbocycles. The van der Waals surface area contributed by atoms with Crippen LogP contribution in [0.3, 0.4) is 0 Å². The molecule has 6 nitrogen and oxygen atoms in total. The Morgan fingerprint density at radius 1 is 0.900 bits per heavy atom. The van der Waals surface area contributed by atoms with Gasteiger partial charge in [0.15, 0.2) is 6.61 Å². The SMILES string of the molecule is Cc1cccc(C)c1OCC(=O)NNC(=O)Cc1coc2ccc3ccccc3c12. The van der Waals surface area contributed by atoms with E-state index in [2.05, 4.69) is 10.9 Å². The highest BCUT2D eigenvalue weighted by Gasteiger charge is 2.14. The maximum Gasteiger partial charge on any atom is 0.276 e. The number of carbonyl (C=O) groups is 2. The fourth-order valence-electron chi connectivity index (χ4n) is 3.56. The minimum absolute atomic E-state index is 0.0824. The fraction of sp³-hybridized carbons (Fsp3) is 0.167. The van der Waals surface area contributed by atoms with Gasteiger partial charge < -0.3 is 9.15 Å². The first-order valence-corrected chi connectivity index (χ1v) is 9.67. The first-order chi connectivity index (χ1) is 14.5. The summed E-state index contributed by atoms with van der Waals surface area (Å²) >= 11 is 0. The van der Waals surface area contributed by atoms with Crippen molar-refractivity contribution < 1.29 is 18.7 Å². The predicted molar refractivity (Wildman–Crippen MR) is 115 cm³/mol. The molecular weight excluding hydrogens is 380 g/mol. The Morgan fingerprint density at radius 3 is 2.43 bits per heavy atom. The number of benzene rings is 3. The van der Waals surface area contributed by atoms with Gasteiger partial charge in [0.25, 0.3) is 5.91 Å². The van der Waals surface area contributed by atoms with Crippen LogP contribution in [0.15, 0.2) is 65.3 Å². The molecule has 30 heavy (non-hydrogen) atoms. The molecule has 0 bridgehead atoms. The van der Waals surface area contributed by atoms with Crippen LogP contribution in [-0.4, -0.2) is 18.4 Å². The lowest BCUT2D eigenvalue weighted by molar-refractivity contribution is -0.129. The molecule has 0 saturated heterocycles. The van der Waals surface area contributed by atoms with Crippen LogP contribution in [0.5, 0.6) is 5.75 Å². The van der Waals surface area contributed by atoms with E-state index in [-0.39, 0.29) is 18.9 Å². The lowest BCUT2D eigenvalue weighted by atomic mass is 10.0. The summed E-state index contributed by atoms with van der Waals surface area (Å²) in [5, 5.41) is 3.01. The molecule has 0 aliphatic carbocycles. The molecule has 0 aliphatic heterocycles. The number of furan rings is 1. The third-order valence-electron chi connectivity index (χ3n) is 4.99. The highest BCUT2D eigenvalue weighted by Crippen LogP contribution is 2.30. The van der Waals surface area contributed by atoms with Gasteiger partial charge in [-0.25, -0.2) is 0 Å². The normalized spacial score (nSPS) is 10.9. The number of para-hydroxylation sites is 1. The summed E-state index contributed by atoms with van der Waals surface area (Å²) in [7, 11) is 0. The number of fused-ring (bicyclic) bond motifs is 3. The molecule has 0 atom stereocenters. The van der Waals surface area contributed by atoms with E-state index in [9.17, 15) is 9.59 Å². The van der Waals surface area contributed by atoms with E-state index in [1.807, 2.05) is 68.4 Å².